The quantitative estimate of drug-likeness (QED) is 0.537. The number of imidazole rings is 1. The first-order valence-corrected chi connectivity index (χ1v) is 6.42. The number of aryl methyl sites for hydroxylation is 1. The minimum atomic E-state index is 0.0154. The first-order chi connectivity index (χ1) is 9.58. The highest BCUT2D eigenvalue weighted by atomic mass is 35.5. The first kappa shape index (κ1) is 12.7. The third-order valence-corrected chi connectivity index (χ3v) is 3.35. The van der Waals surface area contributed by atoms with E-state index in [0.717, 1.165) is 11.5 Å². The van der Waals surface area contributed by atoms with Crippen LogP contribution in [0.25, 0.3) is 16.9 Å². The molecule has 0 unspecified atom stereocenters. The van der Waals surface area contributed by atoms with Gasteiger partial charge in [0, 0.05) is 11.3 Å². The van der Waals surface area contributed by atoms with Crippen LogP contribution in [0.4, 0.5) is 0 Å². The molecule has 0 saturated carbocycles. The van der Waals surface area contributed by atoms with Crippen molar-refractivity contribution in [3.05, 3.63) is 47.1 Å². The molecule has 1 aromatic carbocycles. The van der Waals surface area contributed by atoms with Gasteiger partial charge in [-0.25, -0.2) is 15.0 Å². The zero-order valence-electron chi connectivity index (χ0n) is 11.0. The molecule has 0 aliphatic rings. The molecule has 5 nitrogen and oxygen atoms in total. The Bertz CT molecular complexity index is 825. The molecule has 0 bridgehead atoms. The van der Waals surface area contributed by atoms with Crippen LogP contribution in [0.2, 0.25) is 5.15 Å². The summed E-state index contributed by atoms with van der Waals surface area (Å²) >= 11 is 6.03. The van der Waals surface area contributed by atoms with Gasteiger partial charge in [-0.15, -0.1) is 0 Å². The van der Waals surface area contributed by atoms with E-state index >= 15 is 0 Å². The van der Waals surface area contributed by atoms with Crippen LogP contribution in [0.15, 0.2) is 30.6 Å². The van der Waals surface area contributed by atoms with Crippen LogP contribution < -0.4 is 0 Å². The summed E-state index contributed by atoms with van der Waals surface area (Å²) in [7, 11) is 0. The van der Waals surface area contributed by atoms with Crippen molar-refractivity contribution < 1.29 is 4.79 Å². The summed E-state index contributed by atoms with van der Waals surface area (Å²) in [6.45, 7) is 3.40. The summed E-state index contributed by atoms with van der Waals surface area (Å²) in [4.78, 5) is 24.0. The van der Waals surface area contributed by atoms with E-state index in [1.165, 1.54) is 13.3 Å². The molecule has 2 aromatic heterocycles. The molecule has 0 spiro atoms. The fourth-order valence-electron chi connectivity index (χ4n) is 2.15. The van der Waals surface area contributed by atoms with Gasteiger partial charge in [-0.3, -0.25) is 9.36 Å². The molecule has 0 radical (unpaired) electrons. The molecule has 0 aliphatic heterocycles. The Balaban J connectivity index is 2.29. The number of fused-ring (bicyclic) bond motifs is 1. The van der Waals surface area contributed by atoms with Gasteiger partial charge in [0.05, 0.1) is 0 Å². The van der Waals surface area contributed by atoms with Crippen LogP contribution in [-0.2, 0) is 0 Å². The van der Waals surface area contributed by atoms with Crippen LogP contribution in [0.5, 0.6) is 0 Å². The Morgan fingerprint density at radius 1 is 1.30 bits per heavy atom. The Labute approximate surface area is 120 Å². The van der Waals surface area contributed by atoms with Gasteiger partial charge in [0.2, 0.25) is 0 Å². The van der Waals surface area contributed by atoms with Gasteiger partial charge in [0.15, 0.2) is 16.6 Å². The maximum absolute atomic E-state index is 11.5. The smallest absolute Gasteiger partial charge is 0.169 e. The molecule has 0 atom stereocenters. The lowest BCUT2D eigenvalue weighted by molar-refractivity contribution is 0.101. The fourth-order valence-corrected chi connectivity index (χ4v) is 2.32. The number of halogens is 1. The van der Waals surface area contributed by atoms with Crippen molar-refractivity contribution in [1.29, 1.82) is 0 Å². The zero-order chi connectivity index (χ0) is 14.3. The minimum absolute atomic E-state index is 0.0154. The van der Waals surface area contributed by atoms with Crippen molar-refractivity contribution in [2.75, 3.05) is 0 Å². The van der Waals surface area contributed by atoms with E-state index in [-0.39, 0.29) is 5.78 Å². The summed E-state index contributed by atoms with van der Waals surface area (Å²) in [5.74, 6) is 0.754. The van der Waals surface area contributed by atoms with Crippen molar-refractivity contribution in [2.45, 2.75) is 13.8 Å². The van der Waals surface area contributed by atoms with Crippen molar-refractivity contribution in [3.8, 4) is 5.69 Å². The standard InChI is InChI=1S/C14H11ClN4O/c1-8(20)10-4-3-5-11(6-10)19-9(2)18-12-13(15)16-7-17-14(12)19/h3-7H,1-2H3. The largest absolute Gasteiger partial charge is 0.295 e. The molecular weight excluding hydrogens is 276 g/mol. The number of aromatic nitrogens is 4. The van der Waals surface area contributed by atoms with Crippen molar-refractivity contribution in [2.24, 2.45) is 0 Å². The number of carbonyl (C=O) groups is 1. The lowest BCUT2D eigenvalue weighted by Crippen LogP contribution is -2.00. The Kier molecular flexibility index (Phi) is 2.99. The number of rotatable bonds is 2. The number of hydrogen-bond donors (Lipinski definition) is 0. The van der Waals surface area contributed by atoms with Crippen LogP contribution in [0.3, 0.4) is 0 Å². The topological polar surface area (TPSA) is 60.7 Å². The first-order valence-electron chi connectivity index (χ1n) is 6.05. The minimum Gasteiger partial charge on any atom is -0.295 e. The van der Waals surface area contributed by atoms with E-state index in [2.05, 4.69) is 15.0 Å². The average Bonchev–Trinajstić information content (AvgIpc) is 2.77. The number of carbonyl (C=O) groups excluding carboxylic acids is 1. The van der Waals surface area contributed by atoms with Crippen LogP contribution >= 0.6 is 11.6 Å². The molecule has 100 valence electrons. The highest BCUT2D eigenvalue weighted by molar-refractivity contribution is 6.33. The molecule has 20 heavy (non-hydrogen) atoms. The molecule has 0 aliphatic carbocycles. The average molecular weight is 287 g/mol. The van der Waals surface area contributed by atoms with E-state index in [1.54, 1.807) is 6.07 Å². The van der Waals surface area contributed by atoms with Crippen molar-refractivity contribution >= 4 is 28.5 Å². The lowest BCUT2D eigenvalue weighted by atomic mass is 10.1. The Morgan fingerprint density at radius 3 is 2.85 bits per heavy atom. The van der Waals surface area contributed by atoms with Gasteiger partial charge < -0.3 is 0 Å². The molecular formula is C14H11ClN4O. The highest BCUT2D eigenvalue weighted by Crippen LogP contribution is 2.23. The summed E-state index contributed by atoms with van der Waals surface area (Å²) in [5.41, 5.74) is 2.65. The molecule has 0 N–H and O–H groups in total. The maximum Gasteiger partial charge on any atom is 0.169 e. The molecule has 3 rings (SSSR count). The van der Waals surface area contributed by atoms with E-state index in [9.17, 15) is 4.79 Å². The van der Waals surface area contributed by atoms with Gasteiger partial charge >= 0.3 is 0 Å². The summed E-state index contributed by atoms with van der Waals surface area (Å²) in [6, 6.07) is 7.32. The van der Waals surface area contributed by atoms with Gasteiger partial charge in [-0.1, -0.05) is 23.7 Å². The Morgan fingerprint density at radius 2 is 2.10 bits per heavy atom. The predicted molar refractivity (Wildman–Crippen MR) is 76.4 cm³/mol. The lowest BCUT2D eigenvalue weighted by Gasteiger charge is -2.07. The molecule has 0 amide bonds. The van der Waals surface area contributed by atoms with Gasteiger partial charge in [-0.2, -0.15) is 0 Å². The summed E-state index contributed by atoms with van der Waals surface area (Å²) in [5, 5.41) is 0.319. The third kappa shape index (κ3) is 1.96. The fraction of sp³-hybridized carbons (Fsp3) is 0.143. The van der Waals surface area contributed by atoms with E-state index in [1.807, 2.05) is 29.7 Å². The second kappa shape index (κ2) is 4.68. The van der Waals surface area contributed by atoms with Gasteiger partial charge in [-0.05, 0) is 26.0 Å². The normalized spacial score (nSPS) is 10.9. The van der Waals surface area contributed by atoms with E-state index < -0.39 is 0 Å². The SMILES string of the molecule is CC(=O)c1cccc(-n2c(C)nc3c(Cl)ncnc32)c1. The maximum atomic E-state index is 11.5. The second-order valence-corrected chi connectivity index (χ2v) is 4.80. The molecule has 2 heterocycles. The monoisotopic (exact) mass is 286 g/mol. The highest BCUT2D eigenvalue weighted by Gasteiger charge is 2.14. The van der Waals surface area contributed by atoms with Crippen LogP contribution in [0, 0.1) is 6.92 Å². The van der Waals surface area contributed by atoms with Gasteiger partial charge in [0.1, 0.15) is 17.7 Å². The van der Waals surface area contributed by atoms with Crippen LogP contribution in [-0.4, -0.2) is 25.3 Å². The van der Waals surface area contributed by atoms with Crippen molar-refractivity contribution in [1.82, 2.24) is 19.5 Å². The summed E-state index contributed by atoms with van der Waals surface area (Å²) < 4.78 is 1.86. The molecule has 6 heteroatoms. The van der Waals surface area contributed by atoms with Gasteiger partial charge in [0.25, 0.3) is 0 Å². The van der Waals surface area contributed by atoms with E-state index in [0.29, 0.717) is 21.9 Å². The number of nitrogens with zero attached hydrogens (tertiary/aromatic N) is 4. The van der Waals surface area contributed by atoms with Crippen molar-refractivity contribution in [3.63, 3.8) is 0 Å². The van der Waals surface area contributed by atoms with Crippen LogP contribution in [0.1, 0.15) is 23.1 Å². The molecule has 0 saturated heterocycles. The summed E-state index contributed by atoms with van der Waals surface area (Å²) in [6.07, 6.45) is 1.40. The number of hydrogen-bond acceptors (Lipinski definition) is 4. The Hall–Kier alpha value is -2.27. The number of ketones is 1. The van der Waals surface area contributed by atoms with E-state index in [4.69, 9.17) is 11.6 Å². The molecule has 3 aromatic rings. The predicted octanol–water partition coefficient (Wildman–Crippen LogP) is 2.98. The molecule has 0 fully saturated rings. The third-order valence-electron chi connectivity index (χ3n) is 3.08. The zero-order valence-corrected chi connectivity index (χ0v) is 11.7. The second-order valence-electron chi connectivity index (χ2n) is 4.44. The number of Topliss-reactive ketones (excluding diaryl/α,β-unsaturated/α-hetero) is 1. The number of benzene rings is 1.